The Bertz CT molecular complexity index is 1500. The number of rotatable bonds is 6. The molecule has 3 aliphatic rings. The van der Waals surface area contributed by atoms with Gasteiger partial charge in [-0.3, -0.25) is 14.4 Å². The van der Waals surface area contributed by atoms with Crippen LogP contribution in [0.4, 0.5) is 0 Å². The van der Waals surface area contributed by atoms with Gasteiger partial charge in [-0.05, 0) is 65.8 Å². The van der Waals surface area contributed by atoms with E-state index in [1.54, 1.807) is 0 Å². The number of ketones is 2. The predicted octanol–water partition coefficient (Wildman–Crippen LogP) is 4.56. The molecule has 8 nitrogen and oxygen atoms in total. The van der Waals surface area contributed by atoms with Gasteiger partial charge in [0.2, 0.25) is 5.78 Å². The Morgan fingerprint density at radius 3 is 2.38 bits per heavy atom. The zero-order valence-corrected chi connectivity index (χ0v) is 23.0. The van der Waals surface area contributed by atoms with Crippen molar-refractivity contribution in [3.63, 3.8) is 0 Å². The number of carbonyl (C=O) groups excluding carboxylic acids is 3. The first-order valence-electron chi connectivity index (χ1n) is 13.9. The summed E-state index contributed by atoms with van der Waals surface area (Å²) in [6.07, 6.45) is 3.19. The van der Waals surface area contributed by atoms with Gasteiger partial charge < -0.3 is 26.2 Å². The van der Waals surface area contributed by atoms with Gasteiger partial charge >= 0.3 is 0 Å². The lowest BCUT2D eigenvalue weighted by Crippen LogP contribution is -2.58. The third-order valence-electron chi connectivity index (χ3n) is 8.80. The van der Waals surface area contributed by atoms with Gasteiger partial charge in [0.25, 0.3) is 5.91 Å². The Kier molecular flexibility index (Phi) is 6.86. The van der Waals surface area contributed by atoms with Crippen molar-refractivity contribution in [2.45, 2.75) is 70.8 Å². The molecule has 0 bridgehead atoms. The summed E-state index contributed by atoms with van der Waals surface area (Å²) in [6.45, 7) is 6.16. The molecule has 0 heterocycles. The largest absolute Gasteiger partial charge is 0.508 e. The fraction of sp³-hybridized carbons (Fsp3) is 0.406. The van der Waals surface area contributed by atoms with E-state index in [0.29, 0.717) is 17.5 Å². The lowest BCUT2D eigenvalue weighted by atomic mass is 9.59. The second-order valence-electron chi connectivity index (χ2n) is 11.6. The minimum Gasteiger partial charge on any atom is -0.508 e. The van der Waals surface area contributed by atoms with Crippen LogP contribution in [0, 0.1) is 11.8 Å². The van der Waals surface area contributed by atoms with Crippen molar-refractivity contribution in [2.24, 2.45) is 17.6 Å². The highest BCUT2D eigenvalue weighted by Crippen LogP contribution is 2.54. The van der Waals surface area contributed by atoms with Crippen molar-refractivity contribution in [3.05, 3.63) is 69.5 Å². The van der Waals surface area contributed by atoms with E-state index in [9.17, 15) is 34.8 Å². The summed E-state index contributed by atoms with van der Waals surface area (Å²) in [6, 6.07) is 9.82. The molecule has 3 atom stereocenters. The molecule has 0 saturated heterocycles. The first-order valence-corrected chi connectivity index (χ1v) is 13.9. The Hall–Kier alpha value is -3.91. The molecule has 6 N–H and O–H groups in total. The third-order valence-corrected chi connectivity index (χ3v) is 8.80. The first kappa shape index (κ1) is 27.6. The van der Waals surface area contributed by atoms with Crippen molar-refractivity contribution in [1.82, 2.24) is 0 Å². The number of aliphatic hydroxyl groups is 3. The number of aryl methyl sites for hydroxylation is 1. The van der Waals surface area contributed by atoms with E-state index in [-0.39, 0.29) is 35.6 Å². The van der Waals surface area contributed by atoms with Crippen molar-refractivity contribution in [1.29, 1.82) is 0 Å². The molecule has 3 aliphatic carbocycles. The number of hydrogen-bond acceptors (Lipinski definition) is 7. The molecule has 1 saturated carbocycles. The number of nitrogens with two attached hydrogens (primary N) is 1. The van der Waals surface area contributed by atoms with Crippen molar-refractivity contribution in [2.75, 3.05) is 0 Å². The number of fused-ring (bicyclic) bond motifs is 3. The number of primary amides is 1. The highest BCUT2D eigenvalue weighted by atomic mass is 16.3. The molecule has 0 radical (unpaired) electrons. The van der Waals surface area contributed by atoms with E-state index in [4.69, 9.17) is 5.73 Å². The topological polar surface area (TPSA) is 158 Å². The molecule has 0 spiro atoms. The Balaban J connectivity index is 1.68. The smallest absolute Gasteiger partial charge is 0.255 e. The molecular formula is C32H35NO7. The Morgan fingerprint density at radius 1 is 1.10 bits per heavy atom. The average Bonchev–Trinajstić information content (AvgIpc) is 2.89. The van der Waals surface area contributed by atoms with E-state index in [2.05, 4.69) is 6.92 Å². The second-order valence-corrected chi connectivity index (χ2v) is 11.6. The van der Waals surface area contributed by atoms with Gasteiger partial charge in [0, 0.05) is 23.5 Å². The molecule has 0 unspecified atom stereocenters. The van der Waals surface area contributed by atoms with Gasteiger partial charge in [-0.25, -0.2) is 0 Å². The van der Waals surface area contributed by atoms with Gasteiger partial charge in [-0.2, -0.15) is 0 Å². The molecule has 2 aromatic carbocycles. The van der Waals surface area contributed by atoms with Crippen molar-refractivity contribution in [3.8, 4) is 16.9 Å². The lowest BCUT2D eigenvalue weighted by Gasteiger charge is -2.46. The number of aliphatic hydroxyl groups excluding tert-OH is 2. The van der Waals surface area contributed by atoms with Crippen LogP contribution in [0.5, 0.6) is 5.75 Å². The summed E-state index contributed by atoms with van der Waals surface area (Å²) in [4.78, 5) is 38.3. The molecule has 40 heavy (non-hydrogen) atoms. The number of hydrogen-bond donors (Lipinski definition) is 5. The zero-order chi connectivity index (χ0) is 29.1. The average molecular weight is 546 g/mol. The normalized spacial score (nSPS) is 24.2. The maximum atomic E-state index is 13.8. The molecule has 1 fully saturated rings. The molecule has 0 aliphatic heterocycles. The lowest BCUT2D eigenvalue weighted by molar-refractivity contribution is -0.147. The van der Waals surface area contributed by atoms with Crippen LogP contribution in [0.1, 0.15) is 74.6 Å². The third kappa shape index (κ3) is 4.04. The van der Waals surface area contributed by atoms with Crippen LogP contribution in [0.3, 0.4) is 0 Å². The van der Waals surface area contributed by atoms with Gasteiger partial charge in [0.15, 0.2) is 11.4 Å². The molecule has 1 amide bonds. The van der Waals surface area contributed by atoms with Crippen LogP contribution in [0.15, 0.2) is 47.2 Å². The van der Waals surface area contributed by atoms with E-state index < -0.39 is 52.0 Å². The highest BCUT2D eigenvalue weighted by molar-refractivity contribution is 6.22. The van der Waals surface area contributed by atoms with Gasteiger partial charge in [-0.15, -0.1) is 0 Å². The van der Waals surface area contributed by atoms with Crippen LogP contribution >= 0.6 is 0 Å². The van der Waals surface area contributed by atoms with Crippen LogP contribution in [0.2, 0.25) is 0 Å². The second kappa shape index (κ2) is 9.93. The van der Waals surface area contributed by atoms with Crippen LogP contribution in [-0.2, 0) is 27.2 Å². The summed E-state index contributed by atoms with van der Waals surface area (Å²) < 4.78 is 0. The SMILES string of the molecule is CCCCc1ccc(-c2cc(C(C)C)c3c(c2O)C(O)=C2C(=O)[C@]4(O)C(O)=C(C(N)=O)C(=O)C[C@@H]4C[C@@H]2C3)cc1. The molecule has 210 valence electrons. The standard InChI is InChI=1S/C32H35NO7/c1-4-5-6-16-7-9-17(10-8-16)21-14-20(15(2)3)22-12-18-11-19-13-23(34)26(31(33)39)30(38)32(19,40)29(37)24(18)28(36)25(22)27(21)35/h7-10,14-15,18-19,35-36,38,40H,4-6,11-13H2,1-3H3,(H2,33,39)/t18-,19+,32+/m1/s1. The number of phenolic OH excluding ortho intramolecular Hbond substituents is 1. The number of benzene rings is 2. The summed E-state index contributed by atoms with van der Waals surface area (Å²) in [5, 5.41) is 45.4. The molecular weight excluding hydrogens is 510 g/mol. The van der Waals surface area contributed by atoms with Crippen molar-refractivity contribution >= 4 is 23.2 Å². The van der Waals surface area contributed by atoms with E-state index >= 15 is 0 Å². The van der Waals surface area contributed by atoms with Gasteiger partial charge in [0.1, 0.15) is 22.8 Å². The summed E-state index contributed by atoms with van der Waals surface area (Å²) >= 11 is 0. The van der Waals surface area contributed by atoms with Crippen molar-refractivity contribution < 1.29 is 34.8 Å². The number of aromatic hydroxyl groups is 1. The quantitative estimate of drug-likeness (QED) is 0.333. The summed E-state index contributed by atoms with van der Waals surface area (Å²) in [5.41, 5.74) is 5.98. The Morgan fingerprint density at radius 2 is 1.77 bits per heavy atom. The number of phenols is 1. The monoisotopic (exact) mass is 545 g/mol. The highest BCUT2D eigenvalue weighted by Gasteiger charge is 2.60. The first-order chi connectivity index (χ1) is 18.9. The number of Topliss-reactive ketones (excluding diaryl/α,β-unsaturated/α-hetero) is 2. The van der Waals surface area contributed by atoms with E-state index in [1.807, 2.05) is 44.2 Å². The number of unbranched alkanes of at least 4 members (excludes halogenated alkanes) is 1. The maximum Gasteiger partial charge on any atom is 0.255 e. The fourth-order valence-electron chi connectivity index (χ4n) is 6.68. The van der Waals surface area contributed by atoms with E-state index in [1.165, 1.54) is 5.56 Å². The fourth-order valence-corrected chi connectivity index (χ4v) is 6.68. The molecule has 0 aromatic heterocycles. The predicted molar refractivity (Wildman–Crippen MR) is 150 cm³/mol. The zero-order valence-electron chi connectivity index (χ0n) is 23.0. The summed E-state index contributed by atoms with van der Waals surface area (Å²) in [5.74, 6) is -6.17. The number of amides is 1. The van der Waals surface area contributed by atoms with E-state index in [0.717, 1.165) is 30.4 Å². The maximum absolute atomic E-state index is 13.8. The number of carbonyl (C=O) groups is 3. The van der Waals surface area contributed by atoms with Crippen LogP contribution < -0.4 is 5.73 Å². The van der Waals surface area contributed by atoms with Crippen LogP contribution in [-0.4, -0.2) is 43.5 Å². The summed E-state index contributed by atoms with van der Waals surface area (Å²) in [7, 11) is 0. The molecule has 5 rings (SSSR count). The molecule has 8 heteroatoms. The van der Waals surface area contributed by atoms with Gasteiger partial charge in [-0.1, -0.05) is 51.5 Å². The Labute approximate surface area is 232 Å². The minimum atomic E-state index is -2.57. The minimum absolute atomic E-state index is 0.0314. The van der Waals surface area contributed by atoms with Crippen LogP contribution in [0.25, 0.3) is 16.9 Å². The molecule has 2 aromatic rings. The van der Waals surface area contributed by atoms with Gasteiger partial charge in [0.05, 0.1) is 5.56 Å².